The fraction of sp³-hybridized carbons (Fsp3) is 0.375. The number of nitrogens with zero attached hydrogens (tertiary/aromatic N) is 4. The lowest BCUT2D eigenvalue weighted by Gasteiger charge is -2.29. The van der Waals surface area contributed by atoms with Gasteiger partial charge in [0.2, 0.25) is 5.72 Å². The van der Waals surface area contributed by atoms with E-state index in [1.807, 2.05) is 4.98 Å². The number of nitrogens with one attached hydrogen (secondary N) is 2. The third-order valence-corrected chi connectivity index (χ3v) is 7.70. The molecule has 3 N–H and O–H groups in total. The number of halogens is 1. The Labute approximate surface area is 231 Å². The first-order valence-corrected chi connectivity index (χ1v) is 13.8. The molecule has 0 spiro atoms. The van der Waals surface area contributed by atoms with Crippen LogP contribution in [0.5, 0.6) is 5.75 Å². The van der Waals surface area contributed by atoms with E-state index in [0.717, 1.165) is 17.6 Å². The number of aliphatic hydroxyl groups is 1. The molecular formula is C24H26FN6O9P. The number of aromatic amines is 1. The number of alkyl halides is 1. The van der Waals surface area contributed by atoms with Crippen LogP contribution in [0.3, 0.4) is 0 Å². The molecule has 1 aliphatic rings. The van der Waals surface area contributed by atoms with Crippen LogP contribution in [0.15, 0.2) is 69.4 Å². The minimum absolute atomic E-state index is 0.0287. The van der Waals surface area contributed by atoms with Crippen molar-refractivity contribution in [1.29, 1.82) is 0 Å². The minimum Gasteiger partial charge on any atom is -0.465 e. The number of hydrogen-bond donors (Lipinski definition) is 3. The zero-order valence-electron chi connectivity index (χ0n) is 21.7. The van der Waals surface area contributed by atoms with E-state index in [0.29, 0.717) is 9.95 Å². The summed E-state index contributed by atoms with van der Waals surface area (Å²) in [6.45, 7) is 1.83. The highest BCUT2D eigenvalue weighted by molar-refractivity contribution is 7.52. The van der Waals surface area contributed by atoms with E-state index >= 15 is 4.39 Å². The maximum atomic E-state index is 15.5. The second-order valence-electron chi connectivity index (χ2n) is 8.89. The molecule has 15 nitrogen and oxygen atoms in total. The largest absolute Gasteiger partial charge is 0.465 e. The van der Waals surface area contributed by atoms with E-state index in [1.165, 1.54) is 13.0 Å². The summed E-state index contributed by atoms with van der Waals surface area (Å²) in [5.41, 5.74) is 4.74. The maximum Gasteiger partial charge on any atom is 0.459 e. The smallest absolute Gasteiger partial charge is 0.459 e. The highest BCUT2D eigenvalue weighted by Gasteiger charge is 2.58. The topological polar surface area (TPSA) is 207 Å². The number of carbonyl (C=O) groups is 1. The van der Waals surface area contributed by atoms with Crippen molar-refractivity contribution >= 4 is 24.5 Å². The number of rotatable bonds is 11. The molecule has 41 heavy (non-hydrogen) atoms. The van der Waals surface area contributed by atoms with Crippen LogP contribution in [-0.2, 0) is 23.4 Å². The lowest BCUT2D eigenvalue weighted by atomic mass is 10.1. The SMILES string of the molecule is CCOC(=O)[C@H](C)NP(=O)(OC[C@@]1(N=[N+]=[N-])O[C@@H](n2ccc(=O)[nH]c2=O)[C@H](O)[C@@H]1F)Oc1cccc2ccccc12. The monoisotopic (exact) mass is 592 g/mol. The van der Waals surface area contributed by atoms with Crippen LogP contribution in [0.2, 0.25) is 0 Å². The van der Waals surface area contributed by atoms with Gasteiger partial charge in [-0.05, 0) is 30.8 Å². The highest BCUT2D eigenvalue weighted by atomic mass is 31.2. The molecule has 1 saturated heterocycles. The average Bonchev–Trinajstić information content (AvgIpc) is 3.18. The van der Waals surface area contributed by atoms with Crippen molar-refractivity contribution in [3.63, 3.8) is 0 Å². The number of fused-ring (bicyclic) bond motifs is 1. The van der Waals surface area contributed by atoms with Crippen LogP contribution >= 0.6 is 7.75 Å². The predicted molar refractivity (Wildman–Crippen MR) is 142 cm³/mol. The van der Waals surface area contributed by atoms with Gasteiger partial charge in [0.15, 0.2) is 12.4 Å². The van der Waals surface area contributed by atoms with Crippen molar-refractivity contribution in [3.8, 4) is 5.75 Å². The second kappa shape index (κ2) is 12.2. The first-order chi connectivity index (χ1) is 19.5. The molecule has 2 aromatic carbocycles. The summed E-state index contributed by atoms with van der Waals surface area (Å²) in [4.78, 5) is 40.5. The predicted octanol–water partition coefficient (Wildman–Crippen LogP) is 2.67. The molecule has 1 aromatic heterocycles. The molecule has 0 saturated carbocycles. The van der Waals surface area contributed by atoms with Gasteiger partial charge in [-0.15, -0.1) is 0 Å². The second-order valence-corrected chi connectivity index (χ2v) is 10.6. The molecule has 218 valence electrons. The zero-order chi connectivity index (χ0) is 29.8. The van der Waals surface area contributed by atoms with E-state index in [2.05, 4.69) is 15.1 Å². The van der Waals surface area contributed by atoms with Crippen LogP contribution in [0.25, 0.3) is 21.2 Å². The zero-order valence-corrected chi connectivity index (χ0v) is 22.6. The van der Waals surface area contributed by atoms with Gasteiger partial charge in [0.1, 0.15) is 17.9 Å². The van der Waals surface area contributed by atoms with Crippen LogP contribution in [0, 0.1) is 0 Å². The Morgan fingerprint density at radius 3 is 2.76 bits per heavy atom. The Bertz CT molecular complexity index is 1640. The Morgan fingerprint density at radius 1 is 1.32 bits per heavy atom. The Balaban J connectivity index is 1.68. The number of ether oxygens (including phenoxy) is 2. The summed E-state index contributed by atoms with van der Waals surface area (Å²) in [6.07, 6.45) is -5.41. The number of azide groups is 1. The van der Waals surface area contributed by atoms with Gasteiger partial charge >= 0.3 is 19.4 Å². The molecule has 0 amide bonds. The average molecular weight is 592 g/mol. The van der Waals surface area contributed by atoms with Crippen molar-refractivity contribution < 1.29 is 37.4 Å². The summed E-state index contributed by atoms with van der Waals surface area (Å²) in [5.74, 6) is -0.717. The molecule has 1 aliphatic heterocycles. The van der Waals surface area contributed by atoms with E-state index in [1.54, 1.807) is 43.3 Å². The molecule has 4 rings (SSSR count). The van der Waals surface area contributed by atoms with E-state index in [9.17, 15) is 29.6 Å². The molecule has 1 fully saturated rings. The molecule has 1 unspecified atom stereocenters. The van der Waals surface area contributed by atoms with Gasteiger partial charge in [0.25, 0.3) is 5.56 Å². The van der Waals surface area contributed by atoms with Crippen LogP contribution < -0.4 is 20.9 Å². The maximum absolute atomic E-state index is 15.5. The van der Waals surface area contributed by atoms with Gasteiger partial charge in [-0.1, -0.05) is 41.5 Å². The molecule has 6 atom stereocenters. The summed E-state index contributed by atoms with van der Waals surface area (Å²) in [6, 6.07) is 11.5. The molecular weight excluding hydrogens is 566 g/mol. The van der Waals surface area contributed by atoms with Crippen molar-refractivity contribution in [2.75, 3.05) is 13.2 Å². The van der Waals surface area contributed by atoms with Gasteiger partial charge in [-0.2, -0.15) is 5.09 Å². The van der Waals surface area contributed by atoms with E-state index in [4.69, 9.17) is 18.5 Å². The van der Waals surface area contributed by atoms with E-state index in [-0.39, 0.29) is 12.4 Å². The van der Waals surface area contributed by atoms with Crippen LogP contribution in [0.4, 0.5) is 4.39 Å². The quantitative estimate of drug-likeness (QED) is 0.0975. The molecule has 3 aromatic rings. The number of aliphatic hydroxyl groups excluding tert-OH is 1. The molecule has 2 heterocycles. The van der Waals surface area contributed by atoms with Gasteiger partial charge in [-0.25, -0.2) is 13.8 Å². The van der Waals surface area contributed by atoms with Gasteiger partial charge in [0, 0.05) is 22.6 Å². The number of benzene rings is 2. The summed E-state index contributed by atoms with van der Waals surface area (Å²) in [7, 11) is -4.63. The number of H-pyrrole nitrogens is 1. The Hall–Kier alpha value is -4.04. The number of esters is 1. The normalized spacial score (nSPS) is 24.2. The fourth-order valence-electron chi connectivity index (χ4n) is 4.13. The Kier molecular flexibility index (Phi) is 8.92. The minimum atomic E-state index is -4.63. The van der Waals surface area contributed by atoms with Gasteiger partial charge in [0.05, 0.1) is 13.2 Å². The third kappa shape index (κ3) is 6.33. The van der Waals surface area contributed by atoms with Crippen molar-refractivity contribution in [3.05, 3.63) is 86.0 Å². The first kappa shape index (κ1) is 29.9. The molecule has 0 aliphatic carbocycles. The van der Waals surface area contributed by atoms with Crippen molar-refractivity contribution in [2.45, 2.75) is 44.1 Å². The van der Waals surface area contributed by atoms with Gasteiger partial charge in [-0.3, -0.25) is 23.7 Å². The molecule has 0 radical (unpaired) electrons. The van der Waals surface area contributed by atoms with Crippen molar-refractivity contribution in [2.24, 2.45) is 5.11 Å². The number of carbonyl (C=O) groups excluding carboxylic acids is 1. The summed E-state index contributed by atoms with van der Waals surface area (Å²) < 4.78 is 52.0. The first-order valence-electron chi connectivity index (χ1n) is 12.3. The fourth-order valence-corrected chi connectivity index (χ4v) is 5.66. The molecule has 0 bridgehead atoms. The van der Waals surface area contributed by atoms with Crippen LogP contribution in [0.1, 0.15) is 20.1 Å². The molecule has 17 heteroatoms. The summed E-state index contributed by atoms with van der Waals surface area (Å²) >= 11 is 0. The van der Waals surface area contributed by atoms with Crippen molar-refractivity contribution in [1.82, 2.24) is 14.6 Å². The number of hydrogen-bond acceptors (Lipinski definition) is 10. The lowest BCUT2D eigenvalue weighted by Crippen LogP contribution is -2.43. The Morgan fingerprint density at radius 2 is 2.05 bits per heavy atom. The standard InChI is InChI=1S/C24H26FN6O9P/c1-3-37-22(34)14(2)28-41(36,40-17-10-6-8-15-7-4-5-9-16(15)17)38-13-24(29-30-26)20(25)19(33)21(39-24)31-12-11-18(32)27-23(31)35/h4-12,14,19-21,33H,3,13H2,1-2H3,(H,28,36)(H,27,32,35)/t14-,19+,20-,21+,24+,41?/m0/s1. The lowest BCUT2D eigenvalue weighted by molar-refractivity contribution is -0.144. The van der Waals surface area contributed by atoms with E-state index < -0.39 is 61.8 Å². The third-order valence-electron chi connectivity index (χ3n) is 6.09. The number of aromatic nitrogens is 2. The summed E-state index contributed by atoms with van der Waals surface area (Å²) in [5, 5.41) is 17.6. The van der Waals surface area contributed by atoms with Crippen LogP contribution in [-0.4, -0.2) is 57.9 Å². The highest BCUT2D eigenvalue weighted by Crippen LogP contribution is 2.49. The van der Waals surface area contributed by atoms with Gasteiger partial charge < -0.3 is 19.1 Å².